The Bertz CT molecular complexity index is 865. The molecule has 0 saturated heterocycles. The summed E-state index contributed by atoms with van der Waals surface area (Å²) in [6, 6.07) is 15.5. The molecule has 0 saturated carbocycles. The van der Waals surface area contributed by atoms with Gasteiger partial charge in [0.25, 0.3) is 0 Å². The van der Waals surface area contributed by atoms with Crippen LogP contribution in [-0.4, -0.2) is 9.72 Å². The Kier molecular flexibility index (Phi) is 5.34. The summed E-state index contributed by atoms with van der Waals surface area (Å²) < 4.78 is 4.62. The van der Waals surface area contributed by atoms with Crippen molar-refractivity contribution in [2.24, 2.45) is 0 Å². The van der Waals surface area contributed by atoms with E-state index in [1.807, 2.05) is 0 Å². The monoisotopic (exact) mass is 365 g/mol. The minimum absolute atomic E-state index is 0.265. The molecule has 0 amide bonds. The van der Waals surface area contributed by atoms with Crippen molar-refractivity contribution < 1.29 is 4.57 Å². The summed E-state index contributed by atoms with van der Waals surface area (Å²) in [5, 5.41) is 1.74. The highest BCUT2D eigenvalue weighted by atomic mass is 31.1. The second-order valence-electron chi connectivity index (χ2n) is 8.16. The first-order valence-electron chi connectivity index (χ1n) is 9.23. The smallest absolute Gasteiger partial charge is 0.232 e. The van der Waals surface area contributed by atoms with Crippen molar-refractivity contribution in [2.45, 2.75) is 53.0 Å². The number of aromatic nitrogens is 2. The van der Waals surface area contributed by atoms with Crippen LogP contribution in [0.15, 0.2) is 61.2 Å². The highest BCUT2D eigenvalue weighted by Gasteiger charge is 2.28. The zero-order valence-corrected chi connectivity index (χ0v) is 17.7. The maximum absolute atomic E-state index is 2.36. The van der Waals surface area contributed by atoms with Crippen molar-refractivity contribution in [1.29, 1.82) is 0 Å². The number of nitrogens with zero attached hydrogens (tertiary/aromatic N) is 2. The molecule has 2 aromatic carbocycles. The van der Waals surface area contributed by atoms with Crippen LogP contribution in [0.5, 0.6) is 0 Å². The lowest BCUT2D eigenvalue weighted by atomic mass is 10.1. The van der Waals surface area contributed by atoms with Crippen LogP contribution in [0.3, 0.4) is 0 Å². The number of hydrogen-bond donors (Lipinski definition) is 0. The van der Waals surface area contributed by atoms with Crippen molar-refractivity contribution in [3.63, 3.8) is 0 Å². The number of rotatable bonds is 4. The van der Waals surface area contributed by atoms with Gasteiger partial charge in [0.1, 0.15) is 24.4 Å². The van der Waals surface area contributed by atoms with Crippen LogP contribution in [0.4, 0.5) is 0 Å². The number of hydrogen-bond acceptors (Lipinski definition) is 0. The van der Waals surface area contributed by atoms with E-state index >= 15 is 0 Å². The van der Waals surface area contributed by atoms with E-state index in [-0.39, 0.29) is 13.1 Å². The van der Waals surface area contributed by atoms with Gasteiger partial charge in [-0.2, -0.15) is 0 Å². The van der Waals surface area contributed by atoms with E-state index in [0.717, 1.165) is 6.29 Å². The number of imidazole rings is 1. The van der Waals surface area contributed by atoms with Crippen LogP contribution in [0.2, 0.25) is 0 Å². The molecule has 3 aromatic rings. The molecule has 1 atom stereocenters. The van der Waals surface area contributed by atoms with Crippen LogP contribution in [0.25, 0.3) is 5.69 Å². The van der Waals surface area contributed by atoms with Gasteiger partial charge in [-0.15, -0.1) is 0 Å². The van der Waals surface area contributed by atoms with Gasteiger partial charge < -0.3 is 0 Å². The maximum atomic E-state index is 2.36. The fraction of sp³-hybridized carbons (Fsp3) is 0.348. The minimum Gasteiger partial charge on any atom is -0.232 e. The van der Waals surface area contributed by atoms with Crippen LogP contribution < -0.4 is 9.87 Å². The Morgan fingerprint density at radius 3 is 2.15 bits per heavy atom. The second-order valence-corrected chi connectivity index (χ2v) is 11.2. The molecule has 2 nitrogen and oxygen atoms in total. The van der Waals surface area contributed by atoms with Crippen LogP contribution in [0, 0.1) is 20.8 Å². The molecular weight excluding hydrogens is 335 g/mol. The summed E-state index contributed by atoms with van der Waals surface area (Å²) in [6.07, 6.45) is 7.68. The van der Waals surface area contributed by atoms with Crippen molar-refractivity contribution in [2.75, 3.05) is 0 Å². The topological polar surface area (TPSA) is 8.81 Å². The lowest BCUT2D eigenvalue weighted by Gasteiger charge is -2.30. The molecule has 26 heavy (non-hydrogen) atoms. The van der Waals surface area contributed by atoms with E-state index < -0.39 is 0 Å². The molecule has 0 aliphatic rings. The van der Waals surface area contributed by atoms with Gasteiger partial charge in [0, 0.05) is 0 Å². The highest BCUT2D eigenvalue weighted by Crippen LogP contribution is 2.48. The largest absolute Gasteiger partial charge is 0.249 e. The van der Waals surface area contributed by atoms with E-state index in [1.165, 1.54) is 27.7 Å². The first kappa shape index (κ1) is 18.9. The average Bonchev–Trinajstić information content (AvgIpc) is 2.99. The Morgan fingerprint density at radius 1 is 0.962 bits per heavy atom. The van der Waals surface area contributed by atoms with Gasteiger partial charge in [-0.05, 0) is 50.3 Å². The Balaban J connectivity index is 1.92. The predicted octanol–water partition coefficient (Wildman–Crippen LogP) is 5.25. The summed E-state index contributed by atoms with van der Waals surface area (Å²) in [7, 11) is -0.300. The summed E-state index contributed by atoms with van der Waals surface area (Å²) in [6.45, 7) is 13.6. The molecule has 0 bridgehead atoms. The van der Waals surface area contributed by atoms with Gasteiger partial charge in [-0.1, -0.05) is 68.8 Å². The van der Waals surface area contributed by atoms with E-state index in [4.69, 9.17) is 0 Å². The predicted molar refractivity (Wildman–Crippen MR) is 113 cm³/mol. The molecule has 0 fully saturated rings. The molecule has 3 heteroatoms. The maximum Gasteiger partial charge on any atom is 0.249 e. The lowest BCUT2D eigenvalue weighted by molar-refractivity contribution is -0.676. The molecule has 0 N–H and O–H groups in total. The van der Waals surface area contributed by atoms with Gasteiger partial charge in [0.2, 0.25) is 6.33 Å². The van der Waals surface area contributed by atoms with Crippen molar-refractivity contribution in [3.05, 3.63) is 77.9 Å². The first-order valence-corrected chi connectivity index (χ1v) is 10.8. The van der Waals surface area contributed by atoms with Crippen LogP contribution in [0.1, 0.15) is 37.5 Å². The second kappa shape index (κ2) is 7.37. The Labute approximate surface area is 159 Å². The third-order valence-corrected chi connectivity index (χ3v) is 7.92. The molecule has 1 unspecified atom stereocenters. The van der Waals surface area contributed by atoms with Crippen LogP contribution >= 0.6 is 7.92 Å². The van der Waals surface area contributed by atoms with Crippen molar-refractivity contribution in [1.82, 2.24) is 4.57 Å². The third-order valence-electron chi connectivity index (χ3n) is 4.77. The van der Waals surface area contributed by atoms with E-state index in [0.29, 0.717) is 0 Å². The third kappa shape index (κ3) is 4.07. The summed E-state index contributed by atoms with van der Waals surface area (Å²) >= 11 is 0. The molecule has 136 valence electrons. The minimum atomic E-state index is -0.300. The average molecular weight is 365 g/mol. The van der Waals surface area contributed by atoms with E-state index in [1.54, 1.807) is 0 Å². The van der Waals surface area contributed by atoms with Gasteiger partial charge in [0.15, 0.2) is 0 Å². The van der Waals surface area contributed by atoms with E-state index in [2.05, 4.69) is 112 Å². The molecule has 0 aliphatic heterocycles. The summed E-state index contributed by atoms with van der Waals surface area (Å²) in [5.74, 6) is 0. The van der Waals surface area contributed by atoms with Gasteiger partial charge in [0.05, 0.1) is 0 Å². The molecule has 0 radical (unpaired) electrons. The SMILES string of the molecule is Cc1cc(C)c(-n2cc[n+](CP(c3ccccc3)C(C)(C)C)c2)c(C)c1. The summed E-state index contributed by atoms with van der Waals surface area (Å²) in [5.41, 5.74) is 5.27. The lowest BCUT2D eigenvalue weighted by Crippen LogP contribution is -2.35. The quantitative estimate of drug-likeness (QED) is 0.441. The molecule has 3 rings (SSSR count). The van der Waals surface area contributed by atoms with Gasteiger partial charge in [-0.3, -0.25) is 0 Å². The molecule has 1 aromatic heterocycles. The number of benzene rings is 2. The zero-order valence-electron chi connectivity index (χ0n) is 16.8. The Morgan fingerprint density at radius 2 is 1.58 bits per heavy atom. The van der Waals surface area contributed by atoms with Gasteiger partial charge in [-0.25, -0.2) is 9.13 Å². The first-order chi connectivity index (χ1) is 12.3. The van der Waals surface area contributed by atoms with Gasteiger partial charge >= 0.3 is 0 Å². The normalized spacial score (nSPS) is 13.0. The summed E-state index contributed by atoms with van der Waals surface area (Å²) in [4.78, 5) is 0. The fourth-order valence-corrected chi connectivity index (χ4v) is 6.03. The zero-order chi connectivity index (χ0) is 18.9. The van der Waals surface area contributed by atoms with E-state index in [9.17, 15) is 0 Å². The number of aryl methyl sites for hydroxylation is 3. The van der Waals surface area contributed by atoms with Crippen molar-refractivity contribution >= 4 is 13.2 Å². The van der Waals surface area contributed by atoms with Crippen molar-refractivity contribution in [3.8, 4) is 5.69 Å². The Hall–Kier alpha value is -1.92. The molecule has 0 aliphatic carbocycles. The van der Waals surface area contributed by atoms with Crippen LogP contribution in [-0.2, 0) is 6.29 Å². The standard InChI is InChI=1S/C23H30N2P/c1-18-14-19(2)22(20(3)15-18)25-13-12-24(16-25)17-26(23(4,5)6)21-10-8-7-9-11-21/h7-16H,17H2,1-6H3/q+1. The fourth-order valence-electron chi connectivity index (χ4n) is 3.64. The molecule has 0 spiro atoms. The molecule has 1 heterocycles. The molecular formula is C23H30N2P+. The highest BCUT2D eigenvalue weighted by molar-refractivity contribution is 7.65.